The fourth-order valence-corrected chi connectivity index (χ4v) is 3.63. The van der Waals surface area contributed by atoms with Crippen LogP contribution in [0.4, 0.5) is 0 Å². The molecule has 2 fully saturated rings. The molecule has 138 valence electrons. The molecular formula is C20H32N4O. The second-order valence-electron chi connectivity index (χ2n) is 7.35. The minimum atomic E-state index is 0.283. The summed E-state index contributed by atoms with van der Waals surface area (Å²) in [6.07, 6.45) is 6.56. The zero-order valence-corrected chi connectivity index (χ0v) is 15.4. The number of nitrogens with one attached hydrogen (secondary N) is 1. The molecule has 5 heteroatoms. The Balaban J connectivity index is 1.44. The largest absolute Gasteiger partial charge is 0.376 e. The highest BCUT2D eigenvalue weighted by atomic mass is 16.5. The number of likely N-dealkylation sites (tertiary alicyclic amines) is 1. The van der Waals surface area contributed by atoms with Crippen molar-refractivity contribution < 1.29 is 4.74 Å². The fraction of sp³-hybridized carbons (Fsp3) is 0.650. The molecule has 2 aliphatic rings. The molecule has 1 aromatic carbocycles. The van der Waals surface area contributed by atoms with Gasteiger partial charge < -0.3 is 15.8 Å². The second-order valence-corrected chi connectivity index (χ2v) is 7.35. The van der Waals surface area contributed by atoms with Gasteiger partial charge in [-0.3, -0.25) is 4.90 Å². The lowest BCUT2D eigenvalue weighted by molar-refractivity contribution is 0.114. The Bertz CT molecular complexity index is 551. The van der Waals surface area contributed by atoms with Crippen molar-refractivity contribution in [2.75, 3.05) is 19.7 Å². The standard InChI is InChI=1S/C20H32N4O/c1-16-5-2-3-11-24(16)15-18-9-7-17(8-10-18)13-22-20(21)23-14-19-6-4-12-25-19/h7-10,16,19H,2-6,11-15H2,1H3,(H3,21,22,23). The quantitative estimate of drug-likeness (QED) is 0.615. The first-order valence-corrected chi connectivity index (χ1v) is 9.68. The Kier molecular flexibility index (Phi) is 6.70. The third-order valence-electron chi connectivity index (χ3n) is 5.32. The van der Waals surface area contributed by atoms with Gasteiger partial charge >= 0.3 is 0 Å². The molecule has 2 heterocycles. The van der Waals surface area contributed by atoms with E-state index in [0.29, 0.717) is 18.5 Å². The number of rotatable bonds is 6. The highest BCUT2D eigenvalue weighted by molar-refractivity contribution is 5.77. The molecule has 25 heavy (non-hydrogen) atoms. The first-order valence-electron chi connectivity index (χ1n) is 9.68. The van der Waals surface area contributed by atoms with Gasteiger partial charge in [-0.1, -0.05) is 30.7 Å². The maximum atomic E-state index is 5.95. The number of aliphatic imine (C=N–C) groups is 1. The molecule has 2 atom stereocenters. The van der Waals surface area contributed by atoms with E-state index in [1.807, 2.05) is 0 Å². The van der Waals surface area contributed by atoms with E-state index < -0.39 is 0 Å². The smallest absolute Gasteiger partial charge is 0.189 e. The van der Waals surface area contributed by atoms with Gasteiger partial charge in [0.1, 0.15) is 0 Å². The average molecular weight is 345 g/mol. The van der Waals surface area contributed by atoms with Gasteiger partial charge in [-0.05, 0) is 50.3 Å². The lowest BCUT2D eigenvalue weighted by Crippen LogP contribution is -2.37. The fourth-order valence-electron chi connectivity index (χ4n) is 3.63. The summed E-state index contributed by atoms with van der Waals surface area (Å²) < 4.78 is 5.57. The van der Waals surface area contributed by atoms with Crippen LogP contribution in [-0.2, 0) is 17.8 Å². The number of nitrogens with zero attached hydrogens (tertiary/aromatic N) is 2. The van der Waals surface area contributed by atoms with Crippen molar-refractivity contribution in [3.63, 3.8) is 0 Å². The van der Waals surface area contributed by atoms with Crippen LogP contribution in [-0.4, -0.2) is 42.7 Å². The van der Waals surface area contributed by atoms with Crippen LogP contribution in [0.5, 0.6) is 0 Å². The van der Waals surface area contributed by atoms with Crippen molar-refractivity contribution in [2.24, 2.45) is 10.7 Å². The Hall–Kier alpha value is -1.59. The van der Waals surface area contributed by atoms with Crippen molar-refractivity contribution in [1.82, 2.24) is 10.2 Å². The number of ether oxygens (including phenoxy) is 1. The van der Waals surface area contributed by atoms with Gasteiger partial charge in [-0.25, -0.2) is 4.99 Å². The predicted octanol–water partition coefficient (Wildman–Crippen LogP) is 2.64. The zero-order chi connectivity index (χ0) is 17.5. The van der Waals surface area contributed by atoms with Gasteiger partial charge in [-0.15, -0.1) is 0 Å². The predicted molar refractivity (Wildman–Crippen MR) is 102 cm³/mol. The van der Waals surface area contributed by atoms with Gasteiger partial charge in [0.25, 0.3) is 0 Å². The summed E-state index contributed by atoms with van der Waals surface area (Å²) in [5.74, 6) is 0.502. The number of benzene rings is 1. The zero-order valence-electron chi connectivity index (χ0n) is 15.4. The number of hydrogen-bond acceptors (Lipinski definition) is 3. The van der Waals surface area contributed by atoms with Gasteiger partial charge in [0.05, 0.1) is 12.6 Å². The number of hydrogen-bond donors (Lipinski definition) is 2. The Labute approximate surface area is 151 Å². The molecule has 0 bridgehead atoms. The maximum Gasteiger partial charge on any atom is 0.189 e. The molecule has 3 rings (SSSR count). The van der Waals surface area contributed by atoms with Crippen molar-refractivity contribution in [3.05, 3.63) is 35.4 Å². The van der Waals surface area contributed by atoms with Crippen LogP contribution in [0.15, 0.2) is 29.3 Å². The van der Waals surface area contributed by atoms with Crippen LogP contribution in [0.2, 0.25) is 0 Å². The van der Waals surface area contributed by atoms with E-state index >= 15 is 0 Å². The van der Waals surface area contributed by atoms with Crippen LogP contribution in [0.1, 0.15) is 50.2 Å². The first-order chi connectivity index (χ1) is 12.2. The van der Waals surface area contributed by atoms with Gasteiger partial charge in [0, 0.05) is 25.7 Å². The van der Waals surface area contributed by atoms with E-state index in [2.05, 4.69) is 46.4 Å². The molecule has 0 spiro atoms. The Morgan fingerprint density at radius 2 is 2.00 bits per heavy atom. The minimum Gasteiger partial charge on any atom is -0.376 e. The van der Waals surface area contributed by atoms with E-state index in [0.717, 1.165) is 32.5 Å². The molecule has 0 amide bonds. The topological polar surface area (TPSA) is 62.9 Å². The third kappa shape index (κ3) is 5.72. The molecule has 5 nitrogen and oxygen atoms in total. The molecule has 2 saturated heterocycles. The Morgan fingerprint density at radius 1 is 1.20 bits per heavy atom. The van der Waals surface area contributed by atoms with Crippen LogP contribution in [0, 0.1) is 0 Å². The van der Waals surface area contributed by atoms with E-state index in [-0.39, 0.29) is 6.10 Å². The molecule has 0 saturated carbocycles. The van der Waals surface area contributed by atoms with E-state index in [1.165, 1.54) is 36.9 Å². The highest BCUT2D eigenvalue weighted by Crippen LogP contribution is 2.19. The van der Waals surface area contributed by atoms with E-state index in [4.69, 9.17) is 10.5 Å². The van der Waals surface area contributed by atoms with Crippen molar-refractivity contribution in [1.29, 1.82) is 0 Å². The molecule has 0 aromatic heterocycles. The molecule has 1 aromatic rings. The van der Waals surface area contributed by atoms with Crippen LogP contribution < -0.4 is 11.1 Å². The number of nitrogens with two attached hydrogens (primary N) is 1. The molecule has 3 N–H and O–H groups in total. The van der Waals surface area contributed by atoms with Crippen molar-refractivity contribution in [2.45, 2.75) is 64.3 Å². The summed E-state index contributed by atoms with van der Waals surface area (Å²) in [5, 5.41) is 3.16. The lowest BCUT2D eigenvalue weighted by Gasteiger charge is -2.33. The lowest BCUT2D eigenvalue weighted by atomic mass is 10.0. The van der Waals surface area contributed by atoms with Gasteiger partial charge in [0.15, 0.2) is 5.96 Å². The van der Waals surface area contributed by atoms with Gasteiger partial charge in [0.2, 0.25) is 0 Å². The second kappa shape index (κ2) is 9.20. The summed E-state index contributed by atoms with van der Waals surface area (Å²) in [6.45, 7) is 6.85. The summed E-state index contributed by atoms with van der Waals surface area (Å²) in [7, 11) is 0. The van der Waals surface area contributed by atoms with Crippen LogP contribution in [0.3, 0.4) is 0 Å². The summed E-state index contributed by atoms with van der Waals surface area (Å²) >= 11 is 0. The molecule has 0 radical (unpaired) electrons. The monoisotopic (exact) mass is 344 g/mol. The molecular weight excluding hydrogens is 312 g/mol. The summed E-state index contributed by atoms with van der Waals surface area (Å²) in [6, 6.07) is 9.49. The highest BCUT2D eigenvalue weighted by Gasteiger charge is 2.18. The minimum absolute atomic E-state index is 0.283. The first kappa shape index (κ1) is 18.2. The average Bonchev–Trinajstić information content (AvgIpc) is 3.15. The van der Waals surface area contributed by atoms with E-state index in [9.17, 15) is 0 Å². The Morgan fingerprint density at radius 3 is 2.72 bits per heavy atom. The molecule has 2 unspecified atom stereocenters. The molecule has 0 aliphatic carbocycles. The maximum absolute atomic E-state index is 5.95. The summed E-state index contributed by atoms with van der Waals surface area (Å²) in [4.78, 5) is 7.02. The van der Waals surface area contributed by atoms with Crippen LogP contribution in [0.25, 0.3) is 0 Å². The van der Waals surface area contributed by atoms with Crippen molar-refractivity contribution in [3.8, 4) is 0 Å². The SMILES string of the molecule is CC1CCCCN1Cc1ccc(CN=C(N)NCC2CCCO2)cc1. The van der Waals surface area contributed by atoms with E-state index in [1.54, 1.807) is 0 Å². The summed E-state index contributed by atoms with van der Waals surface area (Å²) in [5.41, 5.74) is 8.52. The molecule has 2 aliphatic heterocycles. The van der Waals surface area contributed by atoms with Gasteiger partial charge in [-0.2, -0.15) is 0 Å². The normalized spacial score (nSPS) is 25.2. The third-order valence-corrected chi connectivity index (χ3v) is 5.32. The number of guanidine groups is 1. The van der Waals surface area contributed by atoms with Crippen molar-refractivity contribution >= 4 is 5.96 Å². The number of piperidine rings is 1. The van der Waals surface area contributed by atoms with Crippen LogP contribution >= 0.6 is 0 Å².